The predicted octanol–water partition coefficient (Wildman–Crippen LogP) is 6.45. The van der Waals surface area contributed by atoms with E-state index in [4.69, 9.17) is 41.9 Å². The van der Waals surface area contributed by atoms with Crippen molar-refractivity contribution in [3.05, 3.63) is 45.9 Å². The second kappa shape index (κ2) is 11.0. The van der Waals surface area contributed by atoms with Gasteiger partial charge >= 0.3 is 0 Å². The first kappa shape index (κ1) is 22.9. The van der Waals surface area contributed by atoms with E-state index in [2.05, 4.69) is 23.7 Å². The Balaban J connectivity index is 1.64. The van der Waals surface area contributed by atoms with Crippen molar-refractivity contribution < 1.29 is 18.7 Å². The van der Waals surface area contributed by atoms with Gasteiger partial charge in [-0.3, -0.25) is 0 Å². The summed E-state index contributed by atoms with van der Waals surface area (Å²) in [6.45, 7) is 5.68. The van der Waals surface area contributed by atoms with Crippen LogP contribution in [0.5, 0.6) is 11.5 Å². The molecule has 1 N–H and O–H groups in total. The third-order valence-corrected chi connectivity index (χ3v) is 5.42. The Labute approximate surface area is 190 Å². The molecule has 0 aliphatic rings. The highest BCUT2D eigenvalue weighted by molar-refractivity contribution is 8.00. The van der Waals surface area contributed by atoms with Gasteiger partial charge in [-0.15, -0.1) is 0 Å². The smallest absolute Gasteiger partial charge is 0.187 e. The second-order valence-corrected chi connectivity index (χ2v) is 8.72. The summed E-state index contributed by atoms with van der Waals surface area (Å²) >= 11 is 14.2. The van der Waals surface area contributed by atoms with Crippen LogP contribution in [0.15, 0.2) is 34.9 Å². The molecule has 0 fully saturated rings. The summed E-state index contributed by atoms with van der Waals surface area (Å²) in [6.07, 6.45) is 0. The Bertz CT molecular complexity index is 981. The molecule has 9 heteroatoms. The predicted molar refractivity (Wildman–Crippen MR) is 123 cm³/mol. The first-order chi connectivity index (χ1) is 14.5. The van der Waals surface area contributed by atoms with Crippen LogP contribution >= 0.6 is 35.1 Å². The number of methoxy groups -OCH3 is 1. The van der Waals surface area contributed by atoms with Crippen LogP contribution in [0.1, 0.15) is 19.4 Å². The molecular weight excluding hydrogens is 447 g/mol. The van der Waals surface area contributed by atoms with Gasteiger partial charge in [-0.05, 0) is 42.1 Å². The van der Waals surface area contributed by atoms with Crippen LogP contribution in [0.3, 0.4) is 0 Å². The molecule has 0 bridgehead atoms. The minimum Gasteiger partial charge on any atom is -0.492 e. The number of benzene rings is 2. The van der Waals surface area contributed by atoms with E-state index in [1.165, 1.54) is 11.9 Å². The van der Waals surface area contributed by atoms with Crippen molar-refractivity contribution in [3.8, 4) is 11.5 Å². The molecule has 3 rings (SSSR count). The van der Waals surface area contributed by atoms with Gasteiger partial charge in [-0.1, -0.05) is 42.2 Å². The maximum atomic E-state index is 6.46. The molecule has 0 unspecified atom stereocenters. The Morgan fingerprint density at radius 2 is 1.97 bits per heavy atom. The van der Waals surface area contributed by atoms with E-state index in [1.807, 2.05) is 18.2 Å². The maximum Gasteiger partial charge on any atom is 0.187 e. The van der Waals surface area contributed by atoms with E-state index in [9.17, 15) is 0 Å². The number of aromatic nitrogens is 1. The number of hydrogen-bond donors (Lipinski definition) is 1. The molecule has 0 amide bonds. The van der Waals surface area contributed by atoms with Crippen LogP contribution in [-0.2, 0) is 11.3 Å². The molecule has 0 saturated carbocycles. The van der Waals surface area contributed by atoms with Crippen molar-refractivity contribution in [1.29, 1.82) is 0 Å². The lowest BCUT2D eigenvalue weighted by Crippen LogP contribution is -2.05. The molecule has 0 atom stereocenters. The van der Waals surface area contributed by atoms with E-state index < -0.39 is 0 Å². The normalized spacial score (nSPS) is 11.3. The Kier molecular flexibility index (Phi) is 8.39. The van der Waals surface area contributed by atoms with Crippen LogP contribution in [0.2, 0.25) is 10.0 Å². The summed E-state index contributed by atoms with van der Waals surface area (Å²) in [5.74, 6) is 3.10. The van der Waals surface area contributed by atoms with E-state index in [0.29, 0.717) is 52.1 Å². The minimum atomic E-state index is 0.267. The molecule has 0 spiro atoms. The number of hydrogen-bond acceptors (Lipinski definition) is 7. The SMILES string of the molecule is COCCSNc1noc2cc(COc3ccc(OCC(C)C)c(Cl)c3)c(Cl)cc12. The van der Waals surface area contributed by atoms with Crippen molar-refractivity contribution >= 4 is 51.9 Å². The monoisotopic (exact) mass is 470 g/mol. The summed E-state index contributed by atoms with van der Waals surface area (Å²) in [5, 5.41) is 5.95. The van der Waals surface area contributed by atoms with Crippen LogP contribution in [0, 0.1) is 5.92 Å². The van der Waals surface area contributed by atoms with Gasteiger partial charge in [-0.2, -0.15) is 0 Å². The van der Waals surface area contributed by atoms with Crippen LogP contribution < -0.4 is 14.2 Å². The van der Waals surface area contributed by atoms with Gasteiger partial charge in [0, 0.05) is 29.5 Å². The zero-order valence-electron chi connectivity index (χ0n) is 17.0. The number of nitrogens with one attached hydrogen (secondary N) is 1. The quantitative estimate of drug-likeness (QED) is 0.255. The largest absolute Gasteiger partial charge is 0.492 e. The molecule has 30 heavy (non-hydrogen) atoms. The molecule has 1 aromatic heterocycles. The van der Waals surface area contributed by atoms with Gasteiger partial charge < -0.3 is 23.5 Å². The van der Waals surface area contributed by atoms with Crippen molar-refractivity contribution in [1.82, 2.24) is 5.16 Å². The van der Waals surface area contributed by atoms with Crippen LogP contribution in [0.4, 0.5) is 5.82 Å². The van der Waals surface area contributed by atoms with Gasteiger partial charge in [0.15, 0.2) is 11.4 Å². The highest BCUT2D eigenvalue weighted by atomic mass is 35.5. The van der Waals surface area contributed by atoms with Crippen molar-refractivity contribution in [2.24, 2.45) is 5.92 Å². The Hall–Kier alpha value is -1.80. The first-order valence-electron chi connectivity index (χ1n) is 9.47. The molecule has 3 aromatic rings. The molecule has 6 nitrogen and oxygen atoms in total. The lowest BCUT2D eigenvalue weighted by molar-refractivity contribution is 0.219. The fraction of sp³-hybridized carbons (Fsp3) is 0.381. The van der Waals surface area contributed by atoms with Gasteiger partial charge in [0.2, 0.25) is 0 Å². The van der Waals surface area contributed by atoms with E-state index in [0.717, 1.165) is 16.7 Å². The lowest BCUT2D eigenvalue weighted by Gasteiger charge is -2.12. The van der Waals surface area contributed by atoms with Crippen molar-refractivity contribution in [2.75, 3.05) is 30.8 Å². The van der Waals surface area contributed by atoms with E-state index in [-0.39, 0.29) is 6.61 Å². The average Bonchev–Trinajstić information content (AvgIpc) is 3.10. The molecule has 2 aromatic carbocycles. The van der Waals surface area contributed by atoms with E-state index >= 15 is 0 Å². The Morgan fingerprint density at radius 3 is 2.70 bits per heavy atom. The van der Waals surface area contributed by atoms with E-state index in [1.54, 1.807) is 19.2 Å². The topological polar surface area (TPSA) is 65.8 Å². The highest BCUT2D eigenvalue weighted by Crippen LogP contribution is 2.32. The average molecular weight is 471 g/mol. The fourth-order valence-electron chi connectivity index (χ4n) is 2.53. The summed E-state index contributed by atoms with van der Waals surface area (Å²) in [7, 11) is 1.67. The zero-order valence-corrected chi connectivity index (χ0v) is 19.4. The maximum absolute atomic E-state index is 6.46. The van der Waals surface area contributed by atoms with Crippen LogP contribution in [-0.4, -0.2) is 31.2 Å². The minimum absolute atomic E-state index is 0.267. The highest BCUT2D eigenvalue weighted by Gasteiger charge is 2.13. The standard InChI is InChI=1S/C21H24Cl2N2O4S/c1-13(2)11-28-19-5-4-15(9-18(19)23)27-12-14-8-20-16(10-17(14)22)21(24-29-20)25-30-7-6-26-3/h4-5,8-10,13H,6-7,11-12H2,1-3H3,(H,24,25). The fourth-order valence-corrected chi connectivity index (χ4v) is 3.61. The number of ether oxygens (including phenoxy) is 3. The molecule has 1 heterocycles. The first-order valence-corrected chi connectivity index (χ1v) is 11.2. The number of fused-ring (bicyclic) bond motifs is 1. The third kappa shape index (κ3) is 6.11. The van der Waals surface area contributed by atoms with Gasteiger partial charge in [-0.25, -0.2) is 0 Å². The molecule has 162 valence electrons. The Morgan fingerprint density at radius 1 is 1.13 bits per heavy atom. The second-order valence-electron chi connectivity index (χ2n) is 7.00. The summed E-state index contributed by atoms with van der Waals surface area (Å²) < 4.78 is 25.2. The molecule has 0 radical (unpaired) electrons. The molecule has 0 aliphatic carbocycles. The van der Waals surface area contributed by atoms with Crippen molar-refractivity contribution in [3.63, 3.8) is 0 Å². The van der Waals surface area contributed by atoms with Gasteiger partial charge in [0.1, 0.15) is 18.1 Å². The van der Waals surface area contributed by atoms with Crippen molar-refractivity contribution in [2.45, 2.75) is 20.5 Å². The van der Waals surface area contributed by atoms with Gasteiger partial charge in [0.05, 0.1) is 23.6 Å². The summed E-state index contributed by atoms with van der Waals surface area (Å²) in [6, 6.07) is 9.01. The zero-order chi connectivity index (χ0) is 21.5. The number of anilines is 1. The third-order valence-electron chi connectivity index (χ3n) is 4.07. The molecule has 0 aliphatic heterocycles. The van der Waals surface area contributed by atoms with Crippen LogP contribution in [0.25, 0.3) is 11.0 Å². The lowest BCUT2D eigenvalue weighted by atomic mass is 10.2. The number of nitrogens with zero attached hydrogens (tertiary/aromatic N) is 1. The number of rotatable bonds is 11. The summed E-state index contributed by atoms with van der Waals surface area (Å²) in [4.78, 5) is 0. The van der Waals surface area contributed by atoms with Gasteiger partial charge in [0.25, 0.3) is 0 Å². The molecular formula is C21H24Cl2N2O4S. The molecule has 0 saturated heterocycles. The number of halogens is 2. The summed E-state index contributed by atoms with van der Waals surface area (Å²) in [5.41, 5.74) is 1.42.